The minimum atomic E-state index is -4.57. The van der Waals surface area contributed by atoms with Crippen LogP contribution in [0.2, 0.25) is 0 Å². The fourth-order valence-corrected chi connectivity index (χ4v) is 7.42. The molecule has 0 saturated carbocycles. The molecule has 0 bridgehead atoms. The normalized spacial score (nSPS) is 12.2. The first-order valence-corrected chi connectivity index (χ1v) is 11.4. The van der Waals surface area contributed by atoms with Crippen molar-refractivity contribution < 1.29 is 16.8 Å². The van der Waals surface area contributed by atoms with E-state index in [1.807, 2.05) is 0 Å². The fraction of sp³-hybridized carbons (Fsp3) is 0.0952. The Balaban J connectivity index is 2.32. The van der Waals surface area contributed by atoms with Gasteiger partial charge in [-0.3, -0.25) is 0 Å². The van der Waals surface area contributed by atoms with Crippen LogP contribution in [0.4, 0.5) is 0 Å². The van der Waals surface area contributed by atoms with Crippen LogP contribution in [0.5, 0.6) is 0 Å². The van der Waals surface area contributed by atoms with E-state index in [4.69, 9.17) is 0 Å². The van der Waals surface area contributed by atoms with Crippen LogP contribution in [0.3, 0.4) is 0 Å². The summed E-state index contributed by atoms with van der Waals surface area (Å²) in [4.78, 5) is -0.432. The third-order valence-electron chi connectivity index (χ3n) is 4.43. The second-order valence-corrected chi connectivity index (χ2v) is 10.8. The largest absolute Gasteiger partial charge is 0.270 e. The van der Waals surface area contributed by atoms with Crippen molar-refractivity contribution in [1.82, 2.24) is 0 Å². The topological polar surface area (TPSA) is 92.1 Å². The summed E-state index contributed by atoms with van der Waals surface area (Å²) in [6, 6.07) is 24.3. The number of hydrogen-bond donors (Lipinski definition) is 0. The van der Waals surface area contributed by atoms with Gasteiger partial charge in [-0.2, -0.15) is 5.26 Å². The molecule has 0 unspecified atom stereocenters. The lowest BCUT2D eigenvalue weighted by Crippen LogP contribution is -2.47. The molecular weight excluding hydrogens is 394 g/mol. The maximum Gasteiger partial charge on any atom is 0.270 e. The van der Waals surface area contributed by atoms with E-state index in [0.29, 0.717) is 5.56 Å². The van der Waals surface area contributed by atoms with Crippen molar-refractivity contribution >= 4 is 19.7 Å². The molecule has 142 valence electrons. The third kappa shape index (κ3) is 3.21. The zero-order valence-electron chi connectivity index (χ0n) is 14.8. The maximum absolute atomic E-state index is 13.5. The van der Waals surface area contributed by atoms with Gasteiger partial charge in [0.2, 0.25) is 19.7 Å². The first-order valence-electron chi connectivity index (χ1n) is 8.40. The molecular formula is C21H17NO4S2. The summed E-state index contributed by atoms with van der Waals surface area (Å²) in [7, 11) is -9.13. The van der Waals surface area contributed by atoms with Gasteiger partial charge in [0, 0.05) is 6.42 Å². The second-order valence-electron chi connectivity index (χ2n) is 6.16. The average molecular weight is 412 g/mol. The highest BCUT2D eigenvalue weighted by atomic mass is 32.3. The molecule has 0 atom stereocenters. The summed E-state index contributed by atoms with van der Waals surface area (Å²) in [5, 5.41) is 10.0. The van der Waals surface area contributed by atoms with Crippen molar-refractivity contribution in [2.75, 3.05) is 0 Å². The molecule has 7 heteroatoms. The molecule has 0 aliphatic heterocycles. The second kappa shape index (κ2) is 7.58. The van der Waals surface area contributed by atoms with E-state index in [9.17, 15) is 22.1 Å². The molecule has 3 rings (SSSR count). The summed E-state index contributed by atoms with van der Waals surface area (Å²) in [5.41, 5.74) is 0.433. The van der Waals surface area contributed by atoms with Gasteiger partial charge in [0.1, 0.15) is 6.07 Å². The minimum absolute atomic E-state index is 0.216. The highest BCUT2D eigenvalue weighted by Gasteiger charge is 2.57. The number of sulfone groups is 2. The quantitative estimate of drug-likeness (QED) is 0.620. The van der Waals surface area contributed by atoms with Crippen LogP contribution >= 0.6 is 0 Å². The monoisotopic (exact) mass is 411 g/mol. The van der Waals surface area contributed by atoms with Crippen molar-refractivity contribution in [2.24, 2.45) is 0 Å². The molecule has 0 aliphatic carbocycles. The van der Waals surface area contributed by atoms with Gasteiger partial charge in [-0.15, -0.1) is 0 Å². The van der Waals surface area contributed by atoms with Gasteiger partial charge >= 0.3 is 0 Å². The van der Waals surface area contributed by atoms with E-state index in [-0.39, 0.29) is 9.79 Å². The lowest BCUT2D eigenvalue weighted by molar-refractivity contribution is 0.558. The molecule has 3 aromatic carbocycles. The van der Waals surface area contributed by atoms with Crippen LogP contribution in [0.1, 0.15) is 5.56 Å². The first kappa shape index (κ1) is 19.8. The maximum atomic E-state index is 13.5. The van der Waals surface area contributed by atoms with Gasteiger partial charge < -0.3 is 0 Å². The van der Waals surface area contributed by atoms with E-state index in [1.54, 1.807) is 48.5 Å². The van der Waals surface area contributed by atoms with E-state index >= 15 is 0 Å². The summed E-state index contributed by atoms with van der Waals surface area (Å²) >= 11 is 0. The van der Waals surface area contributed by atoms with Crippen molar-refractivity contribution in [3.05, 3.63) is 96.6 Å². The Morgan fingerprint density at radius 2 is 1.00 bits per heavy atom. The van der Waals surface area contributed by atoms with Gasteiger partial charge in [0.25, 0.3) is 4.08 Å². The van der Waals surface area contributed by atoms with Crippen LogP contribution < -0.4 is 0 Å². The van der Waals surface area contributed by atoms with E-state index in [0.717, 1.165) is 0 Å². The van der Waals surface area contributed by atoms with E-state index < -0.39 is 30.2 Å². The molecule has 0 fully saturated rings. The van der Waals surface area contributed by atoms with Crippen molar-refractivity contribution in [2.45, 2.75) is 20.3 Å². The predicted octanol–water partition coefficient (Wildman–Crippen LogP) is 3.40. The summed E-state index contributed by atoms with van der Waals surface area (Å²) in [5.74, 6) is 0. The molecule has 0 saturated heterocycles. The van der Waals surface area contributed by atoms with Crippen molar-refractivity contribution in [3.8, 4) is 6.07 Å². The molecule has 0 N–H and O–H groups in total. The van der Waals surface area contributed by atoms with E-state index in [1.165, 1.54) is 48.5 Å². The number of hydrogen-bond acceptors (Lipinski definition) is 5. The lowest BCUT2D eigenvalue weighted by Gasteiger charge is -2.27. The molecule has 0 amide bonds. The van der Waals surface area contributed by atoms with Gasteiger partial charge in [-0.25, -0.2) is 16.8 Å². The Hall–Kier alpha value is -2.95. The highest BCUT2D eigenvalue weighted by Crippen LogP contribution is 2.38. The minimum Gasteiger partial charge on any atom is -0.221 e. The Bertz CT molecular complexity index is 1130. The van der Waals surface area contributed by atoms with Crippen LogP contribution in [0.15, 0.2) is 101 Å². The first-order chi connectivity index (χ1) is 13.3. The Labute approximate surface area is 164 Å². The molecule has 3 aromatic rings. The number of nitriles is 1. The number of benzene rings is 3. The number of nitrogens with zero attached hydrogens (tertiary/aromatic N) is 1. The van der Waals surface area contributed by atoms with Crippen molar-refractivity contribution in [1.29, 1.82) is 5.26 Å². The molecule has 0 heterocycles. The van der Waals surface area contributed by atoms with Crippen LogP contribution in [0, 0.1) is 11.3 Å². The summed E-state index contributed by atoms with van der Waals surface area (Å²) in [6.45, 7) is 0. The summed E-state index contributed by atoms with van der Waals surface area (Å²) < 4.78 is 51.3. The molecule has 0 aliphatic rings. The Morgan fingerprint density at radius 3 is 1.36 bits per heavy atom. The van der Waals surface area contributed by atoms with Gasteiger partial charge in [0.15, 0.2) is 0 Å². The van der Waals surface area contributed by atoms with Crippen LogP contribution in [-0.2, 0) is 26.1 Å². The zero-order chi connectivity index (χ0) is 20.3. The molecule has 0 aromatic heterocycles. The smallest absolute Gasteiger partial charge is 0.221 e. The van der Waals surface area contributed by atoms with E-state index in [2.05, 4.69) is 0 Å². The molecule has 0 spiro atoms. The van der Waals surface area contributed by atoms with Crippen molar-refractivity contribution in [3.63, 3.8) is 0 Å². The Morgan fingerprint density at radius 1 is 0.643 bits per heavy atom. The van der Waals surface area contributed by atoms with Gasteiger partial charge in [-0.1, -0.05) is 66.7 Å². The zero-order valence-corrected chi connectivity index (χ0v) is 16.4. The fourth-order valence-electron chi connectivity index (χ4n) is 2.94. The molecule has 0 radical (unpaired) electrons. The lowest BCUT2D eigenvalue weighted by atomic mass is 10.1. The van der Waals surface area contributed by atoms with Crippen LogP contribution in [-0.4, -0.2) is 20.9 Å². The standard InChI is InChI=1S/C21H17NO4S2/c22-17-21(16-18-10-4-1-5-11-18,27(23,24)19-12-6-2-7-13-19)28(25,26)20-14-8-3-9-15-20/h1-15H,16H2. The number of rotatable bonds is 6. The summed E-state index contributed by atoms with van der Waals surface area (Å²) in [6.07, 6.45) is -0.487. The van der Waals surface area contributed by atoms with Gasteiger partial charge in [0.05, 0.1) is 9.79 Å². The molecule has 28 heavy (non-hydrogen) atoms. The third-order valence-corrected chi connectivity index (χ3v) is 9.73. The average Bonchev–Trinajstić information content (AvgIpc) is 2.73. The Kier molecular flexibility index (Phi) is 5.36. The SMILES string of the molecule is N#CC(Cc1ccccc1)(S(=O)(=O)c1ccccc1)S(=O)(=O)c1ccccc1. The van der Waals surface area contributed by atoms with Crippen LogP contribution in [0.25, 0.3) is 0 Å². The van der Waals surface area contributed by atoms with Gasteiger partial charge in [-0.05, 0) is 29.8 Å². The highest BCUT2D eigenvalue weighted by molar-refractivity contribution is 8.10. The predicted molar refractivity (Wildman–Crippen MR) is 106 cm³/mol. The molecule has 5 nitrogen and oxygen atoms in total.